The molecule has 0 atom stereocenters. The van der Waals surface area contributed by atoms with Crippen molar-refractivity contribution in [2.24, 2.45) is 5.92 Å². The number of carboxylic acid groups (broad SMARTS) is 1. The summed E-state index contributed by atoms with van der Waals surface area (Å²) < 4.78 is 0. The minimum Gasteiger partial charge on any atom is -0.478 e. The molecule has 0 aliphatic heterocycles. The van der Waals surface area contributed by atoms with Crippen LogP contribution >= 0.6 is 11.3 Å². The lowest BCUT2D eigenvalue weighted by Crippen LogP contribution is -2.12. The minimum atomic E-state index is -0.999. The van der Waals surface area contributed by atoms with Crippen LogP contribution in [-0.4, -0.2) is 22.0 Å². The zero-order valence-corrected chi connectivity index (χ0v) is 12.0. The van der Waals surface area contributed by atoms with E-state index in [0.717, 1.165) is 12.5 Å². The summed E-state index contributed by atoms with van der Waals surface area (Å²) in [5.74, 6) is -0.313. The molecule has 0 spiro atoms. The van der Waals surface area contributed by atoms with E-state index in [4.69, 9.17) is 5.11 Å². The smallest absolute Gasteiger partial charge is 0.328 e. The number of anilines is 1. The number of aliphatic carboxylic acids is 1. The number of aromatic nitrogens is 1. The predicted octanol–water partition coefficient (Wildman–Crippen LogP) is 3.15. The maximum absolute atomic E-state index is 11.8. The van der Waals surface area contributed by atoms with Crippen molar-refractivity contribution >= 4 is 34.4 Å². The van der Waals surface area contributed by atoms with Crippen LogP contribution < -0.4 is 5.32 Å². The van der Waals surface area contributed by atoms with E-state index in [1.807, 2.05) is 0 Å². The van der Waals surface area contributed by atoms with Crippen molar-refractivity contribution in [3.63, 3.8) is 0 Å². The molecule has 108 valence electrons. The average molecular weight is 294 g/mol. The van der Waals surface area contributed by atoms with Crippen LogP contribution in [0.25, 0.3) is 6.08 Å². The molecule has 1 amide bonds. The normalized spacial score (nSPS) is 15.8. The zero-order chi connectivity index (χ0) is 14.4. The van der Waals surface area contributed by atoms with Gasteiger partial charge in [0, 0.05) is 23.6 Å². The van der Waals surface area contributed by atoms with Gasteiger partial charge in [0.2, 0.25) is 5.91 Å². The van der Waals surface area contributed by atoms with Crippen molar-refractivity contribution in [1.82, 2.24) is 4.98 Å². The first-order valence-corrected chi connectivity index (χ1v) is 7.62. The summed E-state index contributed by atoms with van der Waals surface area (Å²) in [5, 5.41) is 11.8. The summed E-state index contributed by atoms with van der Waals surface area (Å²) >= 11 is 1.27. The van der Waals surface area contributed by atoms with Gasteiger partial charge in [-0.1, -0.05) is 37.0 Å². The monoisotopic (exact) mass is 294 g/mol. The Balaban J connectivity index is 1.77. The highest BCUT2D eigenvalue weighted by atomic mass is 32.1. The molecule has 1 aliphatic carbocycles. The highest BCUT2D eigenvalue weighted by Crippen LogP contribution is 2.28. The number of thiazole rings is 1. The molecule has 0 unspecified atom stereocenters. The zero-order valence-electron chi connectivity index (χ0n) is 11.2. The van der Waals surface area contributed by atoms with E-state index in [0.29, 0.717) is 22.3 Å². The summed E-state index contributed by atoms with van der Waals surface area (Å²) in [5.41, 5.74) is 0. The maximum Gasteiger partial charge on any atom is 0.328 e. The van der Waals surface area contributed by atoms with E-state index in [2.05, 4.69) is 10.3 Å². The largest absolute Gasteiger partial charge is 0.478 e. The van der Waals surface area contributed by atoms with Gasteiger partial charge in [0.05, 0.1) is 0 Å². The van der Waals surface area contributed by atoms with Gasteiger partial charge in [0.1, 0.15) is 0 Å². The van der Waals surface area contributed by atoms with Crippen LogP contribution in [0.2, 0.25) is 0 Å². The fraction of sp³-hybridized carbons (Fsp3) is 0.500. The van der Waals surface area contributed by atoms with Gasteiger partial charge >= 0.3 is 5.97 Å². The van der Waals surface area contributed by atoms with Gasteiger partial charge in [-0.3, -0.25) is 4.79 Å². The van der Waals surface area contributed by atoms with Crippen LogP contribution in [0.3, 0.4) is 0 Å². The lowest BCUT2D eigenvalue weighted by molar-refractivity contribution is -0.131. The van der Waals surface area contributed by atoms with Crippen molar-refractivity contribution in [3.05, 3.63) is 17.2 Å². The molecule has 1 heterocycles. The van der Waals surface area contributed by atoms with Gasteiger partial charge in [-0.05, 0) is 18.4 Å². The highest BCUT2D eigenvalue weighted by molar-refractivity contribution is 7.16. The summed E-state index contributed by atoms with van der Waals surface area (Å²) in [4.78, 5) is 26.9. The number of nitrogens with one attached hydrogen (secondary N) is 1. The third-order valence-corrected chi connectivity index (χ3v) is 4.29. The quantitative estimate of drug-likeness (QED) is 0.790. The molecular weight excluding hydrogens is 276 g/mol. The second-order valence-electron chi connectivity index (χ2n) is 4.98. The first-order valence-electron chi connectivity index (χ1n) is 6.80. The number of carbonyl (C=O) groups is 2. The van der Waals surface area contributed by atoms with Gasteiger partial charge in [-0.25, -0.2) is 9.78 Å². The number of nitrogens with zero attached hydrogens (tertiary/aromatic N) is 1. The van der Waals surface area contributed by atoms with E-state index in [9.17, 15) is 9.59 Å². The lowest BCUT2D eigenvalue weighted by atomic mass is 10.0. The molecular formula is C14H18N2O3S. The summed E-state index contributed by atoms with van der Waals surface area (Å²) in [7, 11) is 0. The molecule has 5 nitrogen and oxygen atoms in total. The van der Waals surface area contributed by atoms with Crippen LogP contribution in [0.5, 0.6) is 0 Å². The van der Waals surface area contributed by atoms with Gasteiger partial charge in [-0.15, -0.1) is 0 Å². The number of hydrogen-bond donors (Lipinski definition) is 2. The van der Waals surface area contributed by atoms with Gasteiger partial charge in [-0.2, -0.15) is 0 Å². The van der Waals surface area contributed by atoms with Crippen LogP contribution in [0, 0.1) is 5.92 Å². The average Bonchev–Trinajstić information content (AvgIpc) is 3.05. The highest BCUT2D eigenvalue weighted by Gasteiger charge is 2.16. The Morgan fingerprint density at radius 3 is 2.90 bits per heavy atom. The molecule has 1 aliphatic rings. The van der Waals surface area contributed by atoms with Crippen LogP contribution in [0.1, 0.15) is 43.4 Å². The minimum absolute atomic E-state index is 0.0139. The molecule has 1 aromatic heterocycles. The van der Waals surface area contributed by atoms with Gasteiger partial charge in [0.15, 0.2) is 5.13 Å². The molecule has 0 radical (unpaired) electrons. The van der Waals surface area contributed by atoms with Crippen molar-refractivity contribution in [3.8, 4) is 0 Å². The fourth-order valence-electron chi connectivity index (χ4n) is 2.39. The molecule has 2 rings (SSSR count). The van der Waals surface area contributed by atoms with Crippen LogP contribution in [0.15, 0.2) is 12.3 Å². The Bertz CT molecular complexity index is 504. The number of amides is 1. The molecule has 0 saturated heterocycles. The lowest BCUT2D eigenvalue weighted by Gasteiger charge is -2.07. The Morgan fingerprint density at radius 1 is 1.45 bits per heavy atom. The number of carboxylic acids is 1. The molecule has 1 aromatic rings. The van der Waals surface area contributed by atoms with E-state index >= 15 is 0 Å². The van der Waals surface area contributed by atoms with Gasteiger partial charge < -0.3 is 10.4 Å². The summed E-state index contributed by atoms with van der Waals surface area (Å²) in [6, 6.07) is 0. The van der Waals surface area contributed by atoms with Crippen molar-refractivity contribution in [2.45, 2.75) is 38.5 Å². The van der Waals surface area contributed by atoms with Crippen molar-refractivity contribution < 1.29 is 14.7 Å². The fourth-order valence-corrected chi connectivity index (χ4v) is 3.13. The Labute approximate surface area is 121 Å². The van der Waals surface area contributed by atoms with Crippen LogP contribution in [0.4, 0.5) is 5.13 Å². The molecule has 20 heavy (non-hydrogen) atoms. The standard InChI is InChI=1S/C14H18N2O3S/c17-12(7-5-10-3-1-2-4-10)16-14-15-9-11(20-14)6-8-13(18)19/h6,8-10H,1-5,7H2,(H,18,19)(H,15,16,17). The Morgan fingerprint density at radius 2 is 2.20 bits per heavy atom. The van der Waals surface area contributed by atoms with Gasteiger partial charge in [0.25, 0.3) is 0 Å². The van der Waals surface area contributed by atoms with E-state index in [-0.39, 0.29) is 5.91 Å². The molecule has 2 N–H and O–H groups in total. The van der Waals surface area contributed by atoms with Crippen molar-refractivity contribution in [2.75, 3.05) is 5.32 Å². The second-order valence-corrected chi connectivity index (χ2v) is 6.04. The molecule has 0 aromatic carbocycles. The van der Waals surface area contributed by atoms with Crippen molar-refractivity contribution in [1.29, 1.82) is 0 Å². The van der Waals surface area contributed by atoms with E-state index in [1.165, 1.54) is 43.1 Å². The molecule has 0 bridgehead atoms. The second kappa shape index (κ2) is 7.19. The topological polar surface area (TPSA) is 79.3 Å². The number of rotatable bonds is 6. The summed E-state index contributed by atoms with van der Waals surface area (Å²) in [6.07, 6.45) is 10.6. The molecule has 1 fully saturated rings. The predicted molar refractivity (Wildman–Crippen MR) is 78.6 cm³/mol. The Kier molecular flexibility index (Phi) is 5.29. The number of carbonyl (C=O) groups excluding carboxylic acids is 1. The van der Waals surface area contributed by atoms with E-state index in [1.54, 1.807) is 6.20 Å². The van der Waals surface area contributed by atoms with Crippen LogP contribution in [-0.2, 0) is 9.59 Å². The third-order valence-electron chi connectivity index (χ3n) is 3.41. The third kappa shape index (κ3) is 4.77. The molecule has 6 heteroatoms. The first kappa shape index (κ1) is 14.7. The number of hydrogen-bond acceptors (Lipinski definition) is 4. The van der Waals surface area contributed by atoms with E-state index < -0.39 is 5.97 Å². The summed E-state index contributed by atoms with van der Waals surface area (Å²) in [6.45, 7) is 0. The molecule has 1 saturated carbocycles. The SMILES string of the molecule is O=C(O)C=Cc1cnc(NC(=O)CCC2CCCC2)s1. The maximum atomic E-state index is 11.8. The first-order chi connectivity index (χ1) is 9.63. The Hall–Kier alpha value is -1.69.